The Morgan fingerprint density at radius 1 is 1.21 bits per heavy atom. The number of carboxylic acids is 1. The number of fused-ring (bicyclic) bond motifs is 2. The highest BCUT2D eigenvalue weighted by Gasteiger charge is 2.67. The fraction of sp³-hybridized carbons (Fsp3) is 0.850. The van der Waals surface area contributed by atoms with Gasteiger partial charge >= 0.3 is 5.97 Å². The van der Waals surface area contributed by atoms with Gasteiger partial charge in [0, 0.05) is 5.41 Å². The molecule has 3 rings (SSSR count). The van der Waals surface area contributed by atoms with E-state index in [0.717, 1.165) is 37.7 Å². The van der Waals surface area contributed by atoms with Crippen molar-refractivity contribution < 1.29 is 19.7 Å². The number of carbonyl (C=O) groups is 1. The summed E-state index contributed by atoms with van der Waals surface area (Å²) in [4.78, 5) is 11.3. The molecule has 0 radical (unpaired) electrons. The first-order valence-electron chi connectivity index (χ1n) is 9.25. The molecule has 0 aromatic heterocycles. The zero-order chi connectivity index (χ0) is 18.0. The first-order valence-corrected chi connectivity index (χ1v) is 9.25. The molecule has 24 heavy (non-hydrogen) atoms. The molecule has 4 nitrogen and oxygen atoms in total. The summed E-state index contributed by atoms with van der Waals surface area (Å²) in [5.41, 5.74) is -0.454. The van der Waals surface area contributed by atoms with Crippen LogP contribution in [-0.4, -0.2) is 33.5 Å². The predicted octanol–water partition coefficient (Wildman–Crippen LogP) is 3.92. The minimum absolute atomic E-state index is 0.00225. The van der Waals surface area contributed by atoms with E-state index in [1.807, 2.05) is 6.92 Å². The van der Waals surface area contributed by atoms with Crippen molar-refractivity contribution in [1.82, 2.24) is 0 Å². The maximum atomic E-state index is 11.3. The van der Waals surface area contributed by atoms with Crippen molar-refractivity contribution in [2.24, 2.45) is 16.7 Å². The Morgan fingerprint density at radius 2 is 1.88 bits per heavy atom. The lowest BCUT2D eigenvalue weighted by molar-refractivity contribution is -0.212. The smallest absolute Gasteiger partial charge is 0.306 e. The van der Waals surface area contributed by atoms with Crippen LogP contribution in [0, 0.1) is 16.7 Å². The van der Waals surface area contributed by atoms with Gasteiger partial charge in [0.2, 0.25) is 0 Å². The number of hydrogen-bond donors (Lipinski definition) is 2. The highest BCUT2D eigenvalue weighted by Crippen LogP contribution is 2.67. The van der Waals surface area contributed by atoms with Gasteiger partial charge in [0.25, 0.3) is 0 Å². The van der Waals surface area contributed by atoms with Crippen molar-refractivity contribution in [3.8, 4) is 0 Å². The van der Waals surface area contributed by atoms with E-state index in [1.165, 1.54) is 0 Å². The molecule has 4 heteroatoms. The normalized spacial score (nSPS) is 47.6. The molecule has 3 aliphatic rings. The lowest BCUT2D eigenvalue weighted by atomic mass is 9.45. The summed E-state index contributed by atoms with van der Waals surface area (Å²) in [6, 6.07) is 0. The first-order chi connectivity index (χ1) is 11.0. The molecule has 1 spiro atoms. The maximum Gasteiger partial charge on any atom is 0.306 e. The molecule has 0 unspecified atom stereocenters. The summed E-state index contributed by atoms with van der Waals surface area (Å²) in [6.07, 6.45) is 5.00. The van der Waals surface area contributed by atoms with Gasteiger partial charge in [0.05, 0.1) is 23.7 Å². The molecule has 0 bridgehead atoms. The second kappa shape index (κ2) is 5.31. The van der Waals surface area contributed by atoms with E-state index in [1.54, 1.807) is 0 Å². The average Bonchev–Trinajstić information content (AvgIpc) is 2.78. The molecule has 2 aliphatic carbocycles. The Morgan fingerprint density at radius 3 is 2.50 bits per heavy atom. The summed E-state index contributed by atoms with van der Waals surface area (Å²) >= 11 is 0. The van der Waals surface area contributed by atoms with Crippen LogP contribution < -0.4 is 0 Å². The Hall–Kier alpha value is -0.870. The predicted molar refractivity (Wildman–Crippen MR) is 92.7 cm³/mol. The number of aliphatic hydroxyl groups excluding tert-OH is 1. The van der Waals surface area contributed by atoms with Crippen LogP contribution in [0.4, 0.5) is 0 Å². The minimum atomic E-state index is -0.831. The summed E-state index contributed by atoms with van der Waals surface area (Å²) in [7, 11) is 0. The highest BCUT2D eigenvalue weighted by molar-refractivity contribution is 5.68. The van der Waals surface area contributed by atoms with Gasteiger partial charge in [-0.25, -0.2) is 0 Å². The Bertz CT molecular complexity index is 568. The van der Waals surface area contributed by atoms with Crippen molar-refractivity contribution in [3.05, 3.63) is 12.2 Å². The lowest BCUT2D eigenvalue weighted by Gasteiger charge is -2.63. The van der Waals surface area contributed by atoms with Gasteiger partial charge in [-0.3, -0.25) is 4.79 Å². The number of ether oxygens (including phenoxy) is 1. The summed E-state index contributed by atoms with van der Waals surface area (Å²) < 4.78 is 6.60. The van der Waals surface area contributed by atoms with E-state index in [0.29, 0.717) is 12.3 Å². The van der Waals surface area contributed by atoms with Crippen LogP contribution in [0.1, 0.15) is 72.6 Å². The third-order valence-corrected chi connectivity index (χ3v) is 7.48. The van der Waals surface area contributed by atoms with E-state index < -0.39 is 23.3 Å². The van der Waals surface area contributed by atoms with Crippen LogP contribution >= 0.6 is 0 Å². The maximum absolute atomic E-state index is 11.3. The molecule has 3 fully saturated rings. The third-order valence-electron chi connectivity index (χ3n) is 7.48. The zero-order valence-electron chi connectivity index (χ0n) is 15.5. The van der Waals surface area contributed by atoms with Gasteiger partial charge in [-0.2, -0.15) is 0 Å². The molecule has 2 N–H and O–H groups in total. The molecule has 136 valence electrons. The van der Waals surface area contributed by atoms with Crippen LogP contribution in [0.15, 0.2) is 12.2 Å². The fourth-order valence-electron chi connectivity index (χ4n) is 6.22. The topological polar surface area (TPSA) is 66.8 Å². The Labute approximate surface area is 145 Å². The van der Waals surface area contributed by atoms with Crippen LogP contribution in [0.25, 0.3) is 0 Å². The van der Waals surface area contributed by atoms with Crippen LogP contribution in [0.3, 0.4) is 0 Å². The fourth-order valence-corrected chi connectivity index (χ4v) is 6.22. The molecule has 1 saturated heterocycles. The highest BCUT2D eigenvalue weighted by atomic mass is 16.5. The molecule has 1 aliphatic heterocycles. The number of carboxylic acid groups (broad SMARTS) is 1. The summed E-state index contributed by atoms with van der Waals surface area (Å²) in [6.45, 7) is 13.0. The van der Waals surface area contributed by atoms with Crippen molar-refractivity contribution in [3.63, 3.8) is 0 Å². The lowest BCUT2D eigenvalue weighted by Crippen LogP contribution is -2.63. The van der Waals surface area contributed by atoms with Gasteiger partial charge in [-0.15, -0.1) is 0 Å². The molecule has 0 amide bonds. The minimum Gasteiger partial charge on any atom is -0.481 e. The van der Waals surface area contributed by atoms with E-state index >= 15 is 0 Å². The molecule has 0 aromatic rings. The molecule has 1 heterocycles. The van der Waals surface area contributed by atoms with E-state index in [9.17, 15) is 15.0 Å². The van der Waals surface area contributed by atoms with Crippen molar-refractivity contribution in [2.45, 2.75) is 89.9 Å². The van der Waals surface area contributed by atoms with Crippen LogP contribution in [0.5, 0.6) is 0 Å². The molecule has 2 saturated carbocycles. The standard InChI is InChI=1S/C20H32O4/c1-13-14(21)11-15-17(2,3)7-6-8-19(15,5)20(13)10-9-18(4,24-20)12-16(22)23/h14-15,21H,1,6-12H2,2-5H3,(H,22,23)/t14-,15+,18+,19+,20-/m0/s1. The van der Waals surface area contributed by atoms with Gasteiger partial charge in [-0.05, 0) is 55.9 Å². The van der Waals surface area contributed by atoms with Crippen molar-refractivity contribution >= 4 is 5.97 Å². The molecule has 0 aromatic carbocycles. The molecule has 5 atom stereocenters. The van der Waals surface area contributed by atoms with Crippen LogP contribution in [0.2, 0.25) is 0 Å². The van der Waals surface area contributed by atoms with E-state index in [4.69, 9.17) is 4.74 Å². The number of aliphatic carboxylic acids is 1. The zero-order valence-corrected chi connectivity index (χ0v) is 15.5. The van der Waals surface area contributed by atoms with Gasteiger partial charge in [0.1, 0.15) is 0 Å². The van der Waals surface area contributed by atoms with Gasteiger partial charge in [-0.1, -0.05) is 33.8 Å². The average molecular weight is 336 g/mol. The Kier molecular flexibility index (Phi) is 3.97. The Balaban J connectivity index is 2.04. The SMILES string of the molecule is C=C1[C@@H](O)C[C@@H]2C(C)(C)CCC[C@@]2(C)[C@]12CC[C@](C)(CC(=O)O)O2. The van der Waals surface area contributed by atoms with E-state index in [-0.39, 0.29) is 17.3 Å². The van der Waals surface area contributed by atoms with Crippen molar-refractivity contribution in [2.75, 3.05) is 0 Å². The quantitative estimate of drug-likeness (QED) is 0.750. The molecular weight excluding hydrogens is 304 g/mol. The summed E-state index contributed by atoms with van der Waals surface area (Å²) in [5.74, 6) is -0.478. The van der Waals surface area contributed by atoms with Crippen molar-refractivity contribution in [1.29, 1.82) is 0 Å². The second-order valence-corrected chi connectivity index (χ2v) is 9.54. The van der Waals surface area contributed by atoms with E-state index in [2.05, 4.69) is 27.4 Å². The molecular formula is C20H32O4. The largest absolute Gasteiger partial charge is 0.481 e. The first kappa shape index (κ1) is 17.9. The summed E-state index contributed by atoms with van der Waals surface area (Å²) in [5, 5.41) is 20.0. The van der Waals surface area contributed by atoms with Crippen LogP contribution in [-0.2, 0) is 9.53 Å². The third kappa shape index (κ3) is 2.37. The van der Waals surface area contributed by atoms with Gasteiger partial charge in [0.15, 0.2) is 0 Å². The number of hydrogen-bond acceptors (Lipinski definition) is 3. The van der Waals surface area contributed by atoms with Gasteiger partial charge < -0.3 is 14.9 Å². The number of aliphatic hydroxyl groups is 1. The second-order valence-electron chi connectivity index (χ2n) is 9.54. The monoisotopic (exact) mass is 336 g/mol. The number of rotatable bonds is 2.